The maximum atomic E-state index is 12.7. The van der Waals surface area contributed by atoms with Gasteiger partial charge in [-0.25, -0.2) is 15.0 Å². The Balaban J connectivity index is 1.33. The summed E-state index contributed by atoms with van der Waals surface area (Å²) in [5.74, 6) is 0.816. The molecule has 0 bridgehead atoms. The molecule has 4 rings (SSSR count). The van der Waals surface area contributed by atoms with Crippen LogP contribution in [-0.4, -0.2) is 57.8 Å². The second-order valence-corrected chi connectivity index (χ2v) is 8.92. The molecular formula is C19H22N6O2S2. The van der Waals surface area contributed by atoms with Crippen molar-refractivity contribution in [2.24, 2.45) is 5.92 Å². The van der Waals surface area contributed by atoms with E-state index in [4.69, 9.17) is 0 Å². The Morgan fingerprint density at radius 2 is 1.97 bits per heavy atom. The van der Waals surface area contributed by atoms with Gasteiger partial charge in [-0.3, -0.25) is 9.59 Å². The number of thiazole rings is 1. The molecule has 3 aromatic heterocycles. The second kappa shape index (κ2) is 8.42. The van der Waals surface area contributed by atoms with Crippen LogP contribution in [0.15, 0.2) is 23.2 Å². The summed E-state index contributed by atoms with van der Waals surface area (Å²) >= 11 is 2.95. The molecule has 1 saturated heterocycles. The molecule has 1 fully saturated rings. The first kappa shape index (κ1) is 19.7. The van der Waals surface area contributed by atoms with E-state index in [2.05, 4.69) is 25.2 Å². The van der Waals surface area contributed by atoms with E-state index in [1.165, 1.54) is 11.3 Å². The van der Waals surface area contributed by atoms with Gasteiger partial charge in [0.2, 0.25) is 11.8 Å². The molecular weight excluding hydrogens is 408 g/mol. The molecule has 0 atom stereocenters. The normalized spacial score (nSPS) is 14.6. The van der Waals surface area contributed by atoms with Gasteiger partial charge in [-0.1, -0.05) is 13.8 Å². The predicted octanol–water partition coefficient (Wildman–Crippen LogP) is 2.63. The fourth-order valence-corrected chi connectivity index (χ4v) is 4.60. The lowest BCUT2D eigenvalue weighted by Gasteiger charge is -2.35. The van der Waals surface area contributed by atoms with E-state index < -0.39 is 0 Å². The van der Waals surface area contributed by atoms with Crippen LogP contribution in [0.25, 0.3) is 10.2 Å². The first-order chi connectivity index (χ1) is 14.0. The van der Waals surface area contributed by atoms with Crippen molar-refractivity contribution in [3.63, 3.8) is 0 Å². The van der Waals surface area contributed by atoms with Crippen LogP contribution in [0.2, 0.25) is 0 Å². The van der Waals surface area contributed by atoms with Crippen LogP contribution in [0.5, 0.6) is 0 Å². The Morgan fingerprint density at radius 1 is 1.17 bits per heavy atom. The lowest BCUT2D eigenvalue weighted by atomic mass is 10.2. The van der Waals surface area contributed by atoms with Crippen molar-refractivity contribution >= 4 is 55.7 Å². The second-order valence-electron chi connectivity index (χ2n) is 7.17. The van der Waals surface area contributed by atoms with E-state index in [1.807, 2.05) is 35.6 Å². The quantitative estimate of drug-likeness (QED) is 0.669. The van der Waals surface area contributed by atoms with Crippen molar-refractivity contribution in [1.29, 1.82) is 0 Å². The summed E-state index contributed by atoms with van der Waals surface area (Å²) in [5, 5.41) is 8.24. The number of hydrogen-bond donors (Lipinski definition) is 1. The van der Waals surface area contributed by atoms with Crippen molar-refractivity contribution in [2.45, 2.75) is 20.3 Å². The van der Waals surface area contributed by atoms with Gasteiger partial charge in [0.25, 0.3) is 0 Å². The van der Waals surface area contributed by atoms with E-state index >= 15 is 0 Å². The molecule has 8 nitrogen and oxygen atoms in total. The number of anilines is 2. The Hall–Kier alpha value is -2.59. The summed E-state index contributed by atoms with van der Waals surface area (Å²) in [6.07, 6.45) is 1.85. The van der Waals surface area contributed by atoms with Gasteiger partial charge in [-0.2, -0.15) is 0 Å². The summed E-state index contributed by atoms with van der Waals surface area (Å²) < 4.78 is 0. The minimum atomic E-state index is -0.106. The monoisotopic (exact) mass is 430 g/mol. The van der Waals surface area contributed by atoms with Gasteiger partial charge in [0.1, 0.15) is 17.0 Å². The maximum absolute atomic E-state index is 12.7. The summed E-state index contributed by atoms with van der Waals surface area (Å²) in [7, 11) is 0. The topological polar surface area (TPSA) is 91.3 Å². The third-order valence-corrected chi connectivity index (χ3v) is 6.44. The number of thiophene rings is 1. The molecule has 0 saturated carbocycles. The lowest BCUT2D eigenvalue weighted by molar-refractivity contribution is -0.130. The van der Waals surface area contributed by atoms with Gasteiger partial charge in [-0.15, -0.1) is 22.7 Å². The smallest absolute Gasteiger partial charge is 0.228 e. The highest BCUT2D eigenvalue weighted by Gasteiger charge is 2.24. The van der Waals surface area contributed by atoms with Crippen molar-refractivity contribution in [1.82, 2.24) is 19.9 Å². The number of hydrogen-bond acceptors (Lipinski definition) is 8. The third kappa shape index (κ3) is 4.38. The lowest BCUT2D eigenvalue weighted by Crippen LogP contribution is -2.49. The molecule has 2 amide bonds. The van der Waals surface area contributed by atoms with E-state index in [-0.39, 0.29) is 24.2 Å². The zero-order valence-corrected chi connectivity index (χ0v) is 17.9. The highest BCUT2D eigenvalue weighted by Crippen LogP contribution is 2.27. The number of fused-ring (bicyclic) bond motifs is 1. The van der Waals surface area contributed by atoms with Gasteiger partial charge < -0.3 is 15.1 Å². The molecule has 0 radical (unpaired) electrons. The van der Waals surface area contributed by atoms with Crippen molar-refractivity contribution in [3.05, 3.63) is 28.8 Å². The van der Waals surface area contributed by atoms with Crippen molar-refractivity contribution in [2.75, 3.05) is 36.4 Å². The molecule has 10 heteroatoms. The number of rotatable bonds is 5. The molecule has 1 aliphatic heterocycles. The number of nitrogens with one attached hydrogen (secondary N) is 1. The SMILES string of the molecule is CC(C)C(=O)Nc1nc(CC(=O)N2CCN(c3ncnc4sccc34)CC2)cs1. The highest BCUT2D eigenvalue weighted by molar-refractivity contribution is 7.16. The minimum absolute atomic E-state index is 0.0556. The fourth-order valence-electron chi connectivity index (χ4n) is 3.16. The van der Waals surface area contributed by atoms with E-state index in [9.17, 15) is 9.59 Å². The largest absolute Gasteiger partial charge is 0.352 e. The Morgan fingerprint density at radius 3 is 2.72 bits per heavy atom. The van der Waals surface area contributed by atoms with Gasteiger partial charge >= 0.3 is 0 Å². The summed E-state index contributed by atoms with van der Waals surface area (Å²) in [5.41, 5.74) is 0.692. The first-order valence-electron chi connectivity index (χ1n) is 9.47. The van der Waals surface area contributed by atoms with Crippen molar-refractivity contribution in [3.8, 4) is 0 Å². The third-order valence-electron chi connectivity index (χ3n) is 4.81. The summed E-state index contributed by atoms with van der Waals surface area (Å²) in [6.45, 7) is 6.43. The van der Waals surface area contributed by atoms with E-state index in [0.29, 0.717) is 23.9 Å². The van der Waals surface area contributed by atoms with Crippen LogP contribution < -0.4 is 10.2 Å². The Kier molecular flexibility index (Phi) is 5.72. The minimum Gasteiger partial charge on any atom is -0.352 e. The van der Waals surface area contributed by atoms with Crippen LogP contribution >= 0.6 is 22.7 Å². The van der Waals surface area contributed by atoms with E-state index in [0.717, 1.165) is 29.1 Å². The zero-order chi connectivity index (χ0) is 20.4. The molecule has 1 aliphatic rings. The Bertz CT molecular complexity index is 1020. The fraction of sp³-hybridized carbons (Fsp3) is 0.421. The average Bonchev–Trinajstić information content (AvgIpc) is 3.37. The molecule has 29 heavy (non-hydrogen) atoms. The molecule has 4 heterocycles. The van der Waals surface area contributed by atoms with Gasteiger partial charge in [0.05, 0.1) is 17.5 Å². The number of aromatic nitrogens is 3. The van der Waals surface area contributed by atoms with Crippen LogP contribution in [0.1, 0.15) is 19.5 Å². The summed E-state index contributed by atoms with van der Waals surface area (Å²) in [6, 6.07) is 2.05. The van der Waals surface area contributed by atoms with Gasteiger partial charge in [-0.05, 0) is 11.4 Å². The number of carbonyl (C=O) groups is 2. The maximum Gasteiger partial charge on any atom is 0.228 e. The number of piperazine rings is 1. The molecule has 3 aromatic rings. The average molecular weight is 431 g/mol. The van der Waals surface area contributed by atoms with Crippen LogP contribution in [0, 0.1) is 5.92 Å². The van der Waals surface area contributed by atoms with Crippen LogP contribution in [0.3, 0.4) is 0 Å². The molecule has 1 N–H and O–H groups in total. The number of carbonyl (C=O) groups excluding carboxylic acids is 2. The first-order valence-corrected chi connectivity index (χ1v) is 11.2. The number of amides is 2. The van der Waals surface area contributed by atoms with Crippen molar-refractivity contribution < 1.29 is 9.59 Å². The van der Waals surface area contributed by atoms with Gasteiger partial charge in [0.15, 0.2) is 5.13 Å². The zero-order valence-electron chi connectivity index (χ0n) is 16.3. The highest BCUT2D eigenvalue weighted by atomic mass is 32.1. The molecule has 0 aromatic carbocycles. The van der Waals surface area contributed by atoms with E-state index in [1.54, 1.807) is 17.7 Å². The number of nitrogens with zero attached hydrogens (tertiary/aromatic N) is 5. The standard InChI is InChI=1S/C19H22N6O2S2/c1-12(2)17(27)23-19-22-13(10-29-19)9-15(26)24-4-6-25(7-5-24)16-14-3-8-28-18(14)21-11-20-16/h3,8,10-12H,4-7,9H2,1-2H3,(H,22,23,27). The molecule has 0 unspecified atom stereocenters. The molecule has 0 spiro atoms. The molecule has 152 valence electrons. The Labute approximate surface area is 176 Å². The van der Waals surface area contributed by atoms with Crippen LogP contribution in [-0.2, 0) is 16.0 Å². The van der Waals surface area contributed by atoms with Gasteiger partial charge in [0, 0.05) is 37.5 Å². The molecule has 0 aliphatic carbocycles. The summed E-state index contributed by atoms with van der Waals surface area (Å²) in [4.78, 5) is 42.6. The van der Waals surface area contributed by atoms with Crippen LogP contribution in [0.4, 0.5) is 10.9 Å². The predicted molar refractivity (Wildman–Crippen MR) is 115 cm³/mol.